The molecule has 1 aliphatic heterocycles. The van der Waals surface area contributed by atoms with Crippen molar-refractivity contribution >= 4 is 5.78 Å². The van der Waals surface area contributed by atoms with Crippen molar-refractivity contribution in [2.24, 2.45) is 34.5 Å². The topological polar surface area (TPSA) is 96.2 Å². The van der Waals surface area contributed by atoms with E-state index in [4.69, 9.17) is 9.47 Å². The van der Waals surface area contributed by atoms with E-state index >= 15 is 0 Å². The Hall–Kier alpha value is -1.05. The van der Waals surface area contributed by atoms with Gasteiger partial charge in [-0.25, -0.2) is 0 Å². The molecule has 2 spiro atoms. The van der Waals surface area contributed by atoms with Crippen molar-refractivity contribution in [1.82, 2.24) is 0 Å². The van der Waals surface area contributed by atoms with E-state index in [9.17, 15) is 20.1 Å². The molecular weight excluding hydrogens is 348 g/mol. The summed E-state index contributed by atoms with van der Waals surface area (Å²) in [6.45, 7) is 6.43. The lowest BCUT2D eigenvalue weighted by Crippen LogP contribution is -2.64. The van der Waals surface area contributed by atoms with Crippen molar-refractivity contribution in [2.45, 2.75) is 58.4 Å². The molecule has 1 saturated heterocycles. The van der Waals surface area contributed by atoms with Crippen LogP contribution in [0.3, 0.4) is 0 Å². The molecule has 0 aromatic heterocycles. The van der Waals surface area contributed by atoms with Gasteiger partial charge < -0.3 is 24.8 Å². The predicted octanol–water partition coefficient (Wildman–Crippen LogP) is 1.15. The maximum atomic E-state index is 14.1. The van der Waals surface area contributed by atoms with Crippen LogP contribution in [0.4, 0.5) is 0 Å². The quantitative estimate of drug-likeness (QED) is 0.594. The van der Waals surface area contributed by atoms with Crippen molar-refractivity contribution in [2.75, 3.05) is 6.61 Å². The normalized spacial score (nSPS) is 54.9. The maximum Gasteiger partial charge on any atom is 0.270 e. The molecule has 4 aliphatic carbocycles. The number of carbonyl (C=O) groups is 1. The van der Waals surface area contributed by atoms with Crippen LogP contribution in [0.2, 0.25) is 0 Å². The first-order chi connectivity index (χ1) is 12.6. The SMILES string of the molecule is CC1=C[C@]23C(=O)[C@@H](C=C(CO)[C@@H](O)[C@@]24OC(O)O[C@@H]14)[C@@H]1[C@@H](C[C@H]3C)C1(C)C. The lowest BCUT2D eigenvalue weighted by molar-refractivity contribution is -0.250. The molecular formula is C21H28O6. The Balaban J connectivity index is 1.79. The van der Waals surface area contributed by atoms with Crippen molar-refractivity contribution in [3.05, 3.63) is 23.3 Å². The van der Waals surface area contributed by atoms with Gasteiger partial charge in [0, 0.05) is 5.92 Å². The zero-order valence-corrected chi connectivity index (χ0v) is 16.2. The number of aliphatic hydroxyl groups excluding tert-OH is 3. The van der Waals surface area contributed by atoms with Gasteiger partial charge in [-0.1, -0.05) is 32.9 Å². The zero-order valence-electron chi connectivity index (χ0n) is 16.2. The van der Waals surface area contributed by atoms with Crippen molar-refractivity contribution < 1.29 is 29.6 Å². The molecule has 27 heavy (non-hydrogen) atoms. The standard InChI is InChI=1S/C21H28O6/c1-9-7-20-10(2)5-13-14(19(13,3)4)12(16(20)24)6-11(8-22)15(23)21(20)17(9)26-18(25)27-21/h6-7,10,12-15,17-18,22-23,25H,5,8H2,1-4H3/t10-,12+,13-,14-,15-,17+,18?,20+,21+/m1/s1. The third-order valence-corrected chi connectivity index (χ3v) is 8.41. The molecule has 2 saturated carbocycles. The van der Waals surface area contributed by atoms with Crippen LogP contribution in [-0.4, -0.2) is 52.0 Å². The second-order valence-electron chi connectivity index (χ2n) is 9.77. The molecule has 0 amide bonds. The Morgan fingerprint density at radius 2 is 2.00 bits per heavy atom. The Bertz CT molecular complexity index is 784. The van der Waals surface area contributed by atoms with Gasteiger partial charge in [0.1, 0.15) is 17.8 Å². The number of aliphatic hydroxyl groups is 3. The average molecular weight is 376 g/mol. The molecule has 3 fully saturated rings. The summed E-state index contributed by atoms with van der Waals surface area (Å²) in [5.74, 6) is 0.157. The summed E-state index contributed by atoms with van der Waals surface area (Å²) in [7, 11) is 0. The van der Waals surface area contributed by atoms with Crippen LogP contribution in [0.1, 0.15) is 34.1 Å². The highest BCUT2D eigenvalue weighted by Crippen LogP contribution is 2.72. The number of rotatable bonds is 1. The number of hydrogen-bond acceptors (Lipinski definition) is 6. The fraction of sp³-hybridized carbons (Fsp3) is 0.762. The summed E-state index contributed by atoms with van der Waals surface area (Å²) < 4.78 is 11.5. The summed E-state index contributed by atoms with van der Waals surface area (Å²) in [6, 6.07) is 0. The second-order valence-corrected chi connectivity index (χ2v) is 9.77. The van der Waals surface area contributed by atoms with Crippen LogP contribution in [0.5, 0.6) is 0 Å². The maximum absolute atomic E-state index is 14.1. The summed E-state index contributed by atoms with van der Waals surface area (Å²) >= 11 is 0. The van der Waals surface area contributed by atoms with Gasteiger partial charge in [0.05, 0.1) is 12.0 Å². The molecule has 148 valence electrons. The molecule has 3 N–H and O–H groups in total. The summed E-state index contributed by atoms with van der Waals surface area (Å²) in [6.07, 6.45) is 2.62. The number of fused-ring (bicyclic) bond motifs is 3. The van der Waals surface area contributed by atoms with Crippen LogP contribution < -0.4 is 0 Å². The number of ether oxygens (including phenoxy) is 2. The van der Waals surface area contributed by atoms with E-state index < -0.39 is 29.7 Å². The first-order valence-corrected chi connectivity index (χ1v) is 9.87. The van der Waals surface area contributed by atoms with E-state index in [1.54, 1.807) is 6.08 Å². The predicted molar refractivity (Wildman–Crippen MR) is 95.1 cm³/mol. The van der Waals surface area contributed by atoms with Crippen molar-refractivity contribution in [1.29, 1.82) is 0 Å². The van der Waals surface area contributed by atoms with Gasteiger partial charge in [-0.05, 0) is 47.7 Å². The Morgan fingerprint density at radius 3 is 2.67 bits per heavy atom. The number of Topliss-reactive ketones (excluding diaryl/α,β-unsaturated/α-hetero) is 1. The third kappa shape index (κ3) is 1.78. The van der Waals surface area contributed by atoms with Gasteiger partial charge >= 0.3 is 0 Å². The lowest BCUT2D eigenvalue weighted by Gasteiger charge is -2.48. The van der Waals surface area contributed by atoms with Gasteiger partial charge in [0.25, 0.3) is 6.48 Å². The van der Waals surface area contributed by atoms with Crippen molar-refractivity contribution in [3.63, 3.8) is 0 Å². The minimum absolute atomic E-state index is 0.0233. The van der Waals surface area contributed by atoms with E-state index in [0.29, 0.717) is 11.5 Å². The van der Waals surface area contributed by atoms with Crippen LogP contribution in [-0.2, 0) is 14.3 Å². The molecule has 6 heteroatoms. The fourth-order valence-corrected chi connectivity index (χ4v) is 7.12. The lowest BCUT2D eigenvalue weighted by atomic mass is 9.59. The van der Waals surface area contributed by atoms with E-state index in [0.717, 1.165) is 12.0 Å². The van der Waals surface area contributed by atoms with Gasteiger partial charge in [0.2, 0.25) is 0 Å². The van der Waals surface area contributed by atoms with Crippen LogP contribution in [0.25, 0.3) is 0 Å². The van der Waals surface area contributed by atoms with E-state index in [1.807, 2.05) is 19.9 Å². The van der Waals surface area contributed by atoms with E-state index in [-0.39, 0.29) is 35.6 Å². The minimum atomic E-state index is -1.50. The van der Waals surface area contributed by atoms with Gasteiger partial charge in [-0.2, -0.15) is 0 Å². The highest BCUT2D eigenvalue weighted by atomic mass is 16.8. The van der Waals surface area contributed by atoms with E-state index in [2.05, 4.69) is 13.8 Å². The van der Waals surface area contributed by atoms with Gasteiger partial charge in [-0.3, -0.25) is 4.79 Å². The largest absolute Gasteiger partial charge is 0.392 e. The second kappa shape index (κ2) is 5.10. The van der Waals surface area contributed by atoms with Gasteiger partial charge in [0.15, 0.2) is 5.78 Å². The molecule has 2 bridgehead atoms. The summed E-state index contributed by atoms with van der Waals surface area (Å²) in [5, 5.41) is 31.6. The molecule has 0 aromatic rings. The van der Waals surface area contributed by atoms with Crippen molar-refractivity contribution in [3.8, 4) is 0 Å². The smallest absolute Gasteiger partial charge is 0.270 e. The highest BCUT2D eigenvalue weighted by Gasteiger charge is 2.78. The van der Waals surface area contributed by atoms with Crippen LogP contribution >= 0.6 is 0 Å². The zero-order chi connectivity index (χ0) is 19.5. The Labute approximate surface area is 158 Å². The first kappa shape index (κ1) is 18.0. The summed E-state index contributed by atoms with van der Waals surface area (Å²) in [5.41, 5.74) is -1.29. The molecule has 5 aliphatic rings. The Kier molecular flexibility index (Phi) is 3.40. The van der Waals surface area contributed by atoms with Crippen LogP contribution in [0.15, 0.2) is 23.3 Å². The first-order valence-electron chi connectivity index (χ1n) is 9.87. The van der Waals surface area contributed by atoms with Crippen LogP contribution in [0, 0.1) is 34.5 Å². The third-order valence-electron chi connectivity index (χ3n) is 8.41. The number of allylic oxidation sites excluding steroid dienone is 1. The monoisotopic (exact) mass is 376 g/mol. The van der Waals surface area contributed by atoms with Gasteiger partial charge in [-0.15, -0.1) is 0 Å². The number of hydrogen-bond donors (Lipinski definition) is 3. The molecule has 1 unspecified atom stereocenters. The Morgan fingerprint density at radius 1 is 1.30 bits per heavy atom. The molecule has 9 atom stereocenters. The minimum Gasteiger partial charge on any atom is -0.392 e. The number of ketones is 1. The fourth-order valence-electron chi connectivity index (χ4n) is 7.12. The molecule has 1 heterocycles. The van der Waals surface area contributed by atoms with E-state index in [1.165, 1.54) is 0 Å². The molecule has 6 nitrogen and oxygen atoms in total. The molecule has 5 rings (SSSR count). The summed E-state index contributed by atoms with van der Waals surface area (Å²) in [4.78, 5) is 14.1. The average Bonchev–Trinajstić information content (AvgIpc) is 2.89. The number of carbonyl (C=O) groups excluding carboxylic acids is 1. The molecule has 0 aromatic carbocycles. The molecule has 0 radical (unpaired) electrons. The highest BCUT2D eigenvalue weighted by molar-refractivity contribution is 5.95.